The van der Waals surface area contributed by atoms with Crippen LogP contribution in [0, 0.1) is 0 Å². The third-order valence-corrected chi connectivity index (χ3v) is 1.37. The van der Waals surface area contributed by atoms with E-state index in [2.05, 4.69) is 18.5 Å². The second-order valence-electron chi connectivity index (χ2n) is 2.30. The van der Waals surface area contributed by atoms with Gasteiger partial charge in [-0.2, -0.15) is 0 Å². The van der Waals surface area contributed by atoms with Gasteiger partial charge in [0.25, 0.3) is 0 Å². The first-order chi connectivity index (χ1) is 4.91. The van der Waals surface area contributed by atoms with Crippen LogP contribution in [0.2, 0.25) is 0 Å². The predicted octanol–water partition coefficient (Wildman–Crippen LogP) is 2.47. The van der Waals surface area contributed by atoms with Crippen molar-refractivity contribution in [3.63, 3.8) is 0 Å². The van der Waals surface area contributed by atoms with Gasteiger partial charge in [0.2, 0.25) is 0 Å². The molecular weight excluding hydrogens is 122 g/mol. The first kappa shape index (κ1) is 9.28. The molecule has 0 aliphatic rings. The Bertz CT molecular complexity index is 74.7. The molecule has 0 aliphatic carbocycles. The molecule has 0 amide bonds. The Kier molecular flexibility index (Phi) is 7.68. The SMILES string of the molecule is C=CCCCCCNC=C. The van der Waals surface area contributed by atoms with Gasteiger partial charge in [0.05, 0.1) is 0 Å². The maximum absolute atomic E-state index is 3.66. The molecule has 0 radical (unpaired) electrons. The molecule has 58 valence electrons. The van der Waals surface area contributed by atoms with Gasteiger partial charge in [-0.25, -0.2) is 0 Å². The van der Waals surface area contributed by atoms with Crippen LogP contribution < -0.4 is 5.32 Å². The molecule has 0 rings (SSSR count). The Morgan fingerprint density at radius 3 is 2.50 bits per heavy atom. The van der Waals surface area contributed by atoms with Crippen LogP contribution in [0.1, 0.15) is 25.7 Å². The first-order valence-electron chi connectivity index (χ1n) is 3.87. The highest BCUT2D eigenvalue weighted by atomic mass is 14.8. The fourth-order valence-electron chi connectivity index (χ4n) is 0.795. The Balaban J connectivity index is 2.76. The molecule has 0 bridgehead atoms. The summed E-state index contributed by atoms with van der Waals surface area (Å²) >= 11 is 0. The van der Waals surface area contributed by atoms with Crippen molar-refractivity contribution in [3.05, 3.63) is 25.4 Å². The summed E-state index contributed by atoms with van der Waals surface area (Å²) in [6.07, 6.45) is 8.65. The largest absolute Gasteiger partial charge is 0.391 e. The van der Waals surface area contributed by atoms with Crippen molar-refractivity contribution in [3.8, 4) is 0 Å². The molecular formula is C9H17N. The molecule has 0 aromatic carbocycles. The number of hydrogen-bond acceptors (Lipinski definition) is 1. The Morgan fingerprint density at radius 1 is 1.10 bits per heavy atom. The summed E-state index contributed by atoms with van der Waals surface area (Å²) in [6.45, 7) is 8.29. The van der Waals surface area contributed by atoms with Crippen molar-refractivity contribution in [2.45, 2.75) is 25.7 Å². The van der Waals surface area contributed by atoms with E-state index in [0.717, 1.165) is 13.0 Å². The number of hydrogen-bond donors (Lipinski definition) is 1. The van der Waals surface area contributed by atoms with E-state index in [1.54, 1.807) is 6.20 Å². The van der Waals surface area contributed by atoms with E-state index >= 15 is 0 Å². The van der Waals surface area contributed by atoms with Gasteiger partial charge in [-0.3, -0.25) is 0 Å². The molecule has 0 fully saturated rings. The van der Waals surface area contributed by atoms with Gasteiger partial charge in [-0.05, 0) is 25.5 Å². The standard InChI is InChI=1S/C9H17N/c1-3-5-6-7-8-9-10-4-2/h3-4,10H,1-2,5-9H2. The molecule has 0 aromatic heterocycles. The van der Waals surface area contributed by atoms with Crippen molar-refractivity contribution in [2.75, 3.05) is 6.54 Å². The van der Waals surface area contributed by atoms with Crippen molar-refractivity contribution >= 4 is 0 Å². The molecule has 1 heteroatoms. The van der Waals surface area contributed by atoms with Gasteiger partial charge in [0, 0.05) is 6.54 Å². The Labute approximate surface area is 63.8 Å². The smallest absolute Gasteiger partial charge is 0.0141 e. The summed E-state index contributed by atoms with van der Waals surface area (Å²) in [7, 11) is 0. The molecule has 1 nitrogen and oxygen atoms in total. The van der Waals surface area contributed by atoms with E-state index < -0.39 is 0 Å². The first-order valence-corrected chi connectivity index (χ1v) is 3.87. The number of allylic oxidation sites excluding steroid dienone is 1. The highest BCUT2D eigenvalue weighted by molar-refractivity contribution is 4.66. The minimum atomic E-state index is 1.06. The lowest BCUT2D eigenvalue weighted by atomic mass is 10.2. The molecule has 0 spiro atoms. The third kappa shape index (κ3) is 7.28. The van der Waals surface area contributed by atoms with Crippen LogP contribution in [0.15, 0.2) is 25.4 Å². The van der Waals surface area contributed by atoms with E-state index in [1.165, 1.54) is 19.3 Å². The lowest BCUT2D eigenvalue weighted by Gasteiger charge is -1.98. The minimum Gasteiger partial charge on any atom is -0.391 e. The highest BCUT2D eigenvalue weighted by Crippen LogP contribution is 1.98. The third-order valence-electron chi connectivity index (χ3n) is 1.37. The fourth-order valence-corrected chi connectivity index (χ4v) is 0.795. The average molecular weight is 139 g/mol. The molecule has 0 saturated carbocycles. The molecule has 1 N–H and O–H groups in total. The molecule has 0 atom stereocenters. The number of unbranched alkanes of at least 4 members (excludes halogenated alkanes) is 3. The second kappa shape index (κ2) is 8.28. The van der Waals surface area contributed by atoms with Crippen molar-refractivity contribution in [2.24, 2.45) is 0 Å². The summed E-state index contributed by atoms with van der Waals surface area (Å²) in [6, 6.07) is 0. The van der Waals surface area contributed by atoms with Gasteiger partial charge in [-0.15, -0.1) is 6.58 Å². The Hall–Kier alpha value is -0.720. The quantitative estimate of drug-likeness (QED) is 0.422. The number of rotatable bonds is 7. The maximum Gasteiger partial charge on any atom is 0.0141 e. The van der Waals surface area contributed by atoms with Gasteiger partial charge in [0.15, 0.2) is 0 Å². The summed E-state index contributed by atoms with van der Waals surface area (Å²) in [5.41, 5.74) is 0. The molecule has 0 aliphatic heterocycles. The second-order valence-corrected chi connectivity index (χ2v) is 2.30. The zero-order valence-electron chi connectivity index (χ0n) is 6.60. The lowest BCUT2D eigenvalue weighted by molar-refractivity contribution is 0.661. The summed E-state index contributed by atoms with van der Waals surface area (Å²) < 4.78 is 0. The van der Waals surface area contributed by atoms with E-state index in [9.17, 15) is 0 Å². The van der Waals surface area contributed by atoms with Crippen LogP contribution in [0.25, 0.3) is 0 Å². The summed E-state index contributed by atoms with van der Waals surface area (Å²) in [5, 5.41) is 3.06. The number of nitrogens with one attached hydrogen (secondary N) is 1. The maximum atomic E-state index is 3.66. The molecule has 0 unspecified atom stereocenters. The average Bonchev–Trinajstić information content (AvgIpc) is 1.97. The molecule has 0 saturated heterocycles. The fraction of sp³-hybridized carbons (Fsp3) is 0.556. The van der Waals surface area contributed by atoms with Gasteiger partial charge < -0.3 is 5.32 Å². The summed E-state index contributed by atoms with van der Waals surface area (Å²) in [4.78, 5) is 0. The van der Waals surface area contributed by atoms with Crippen LogP contribution in [-0.2, 0) is 0 Å². The zero-order chi connectivity index (χ0) is 7.66. The van der Waals surface area contributed by atoms with Crippen LogP contribution in [0.4, 0.5) is 0 Å². The van der Waals surface area contributed by atoms with Crippen molar-refractivity contribution < 1.29 is 0 Å². The van der Waals surface area contributed by atoms with Crippen molar-refractivity contribution in [1.82, 2.24) is 5.32 Å². The van der Waals surface area contributed by atoms with Gasteiger partial charge in [-0.1, -0.05) is 19.1 Å². The highest BCUT2D eigenvalue weighted by Gasteiger charge is 1.84. The lowest BCUT2D eigenvalue weighted by Crippen LogP contribution is -2.05. The van der Waals surface area contributed by atoms with Crippen LogP contribution >= 0.6 is 0 Å². The van der Waals surface area contributed by atoms with Gasteiger partial charge in [0.1, 0.15) is 0 Å². The zero-order valence-corrected chi connectivity index (χ0v) is 6.60. The topological polar surface area (TPSA) is 12.0 Å². The normalized spacial score (nSPS) is 8.80. The van der Waals surface area contributed by atoms with E-state index in [1.807, 2.05) is 6.08 Å². The molecule has 10 heavy (non-hydrogen) atoms. The van der Waals surface area contributed by atoms with Gasteiger partial charge >= 0.3 is 0 Å². The minimum absolute atomic E-state index is 1.06. The summed E-state index contributed by atoms with van der Waals surface area (Å²) in [5.74, 6) is 0. The monoisotopic (exact) mass is 139 g/mol. The van der Waals surface area contributed by atoms with E-state index in [4.69, 9.17) is 0 Å². The molecule has 0 heterocycles. The Morgan fingerprint density at radius 2 is 1.90 bits per heavy atom. The van der Waals surface area contributed by atoms with Crippen molar-refractivity contribution in [1.29, 1.82) is 0 Å². The van der Waals surface area contributed by atoms with E-state index in [-0.39, 0.29) is 0 Å². The van der Waals surface area contributed by atoms with Crippen LogP contribution in [-0.4, -0.2) is 6.54 Å². The predicted molar refractivity (Wildman–Crippen MR) is 46.9 cm³/mol. The van der Waals surface area contributed by atoms with Crippen LogP contribution in [0.5, 0.6) is 0 Å². The van der Waals surface area contributed by atoms with E-state index in [0.29, 0.717) is 0 Å². The van der Waals surface area contributed by atoms with Crippen LogP contribution in [0.3, 0.4) is 0 Å². The molecule has 0 aromatic rings.